The maximum Gasteiger partial charge on any atom is 0.242 e. The molecule has 20 heavy (non-hydrogen) atoms. The lowest BCUT2D eigenvalue weighted by molar-refractivity contribution is -0.133. The predicted molar refractivity (Wildman–Crippen MR) is 81.3 cm³/mol. The van der Waals surface area contributed by atoms with Crippen LogP contribution in [0.5, 0.6) is 0 Å². The molecule has 4 heteroatoms. The number of piperidine rings is 1. The number of aromatic nitrogens is 1. The fourth-order valence-corrected chi connectivity index (χ4v) is 2.86. The average molecular weight is 271 g/mol. The van der Waals surface area contributed by atoms with Crippen LogP contribution in [0.1, 0.15) is 19.8 Å². The number of carbonyl (C=O) groups is 1. The number of carbonyl (C=O) groups excluding carboxylic acids is 1. The van der Waals surface area contributed by atoms with Gasteiger partial charge in [0, 0.05) is 35.9 Å². The molecule has 0 bridgehead atoms. The maximum absolute atomic E-state index is 12.4. The van der Waals surface area contributed by atoms with Gasteiger partial charge in [-0.25, -0.2) is 0 Å². The number of hydrogen-bond acceptors (Lipinski definition) is 2. The summed E-state index contributed by atoms with van der Waals surface area (Å²) in [6.07, 6.45) is 4.21. The van der Waals surface area contributed by atoms with Crippen molar-refractivity contribution in [1.82, 2.24) is 9.47 Å². The van der Waals surface area contributed by atoms with Gasteiger partial charge in [0.05, 0.1) is 0 Å². The zero-order valence-electron chi connectivity index (χ0n) is 11.9. The number of rotatable bonds is 2. The van der Waals surface area contributed by atoms with Crippen LogP contribution >= 0.6 is 0 Å². The van der Waals surface area contributed by atoms with Crippen LogP contribution in [-0.4, -0.2) is 28.5 Å². The number of hydrogen-bond donors (Lipinski definition) is 1. The summed E-state index contributed by atoms with van der Waals surface area (Å²) in [4.78, 5) is 14.4. The highest BCUT2D eigenvalue weighted by molar-refractivity contribution is 5.85. The Bertz CT molecular complexity index is 624. The molecule has 1 fully saturated rings. The minimum atomic E-state index is 0.214. The first-order valence-corrected chi connectivity index (χ1v) is 7.25. The standard InChI is InChI=1S/C16H21N3O/c1-12-4-7-18(8-5-12)16(20)11-19-9-6-13-10-14(17)2-3-15(13)19/h2-3,6,9-10,12H,4-5,7-8,11,17H2,1H3. The molecule has 1 aliphatic rings. The van der Waals surface area contributed by atoms with Gasteiger partial charge in [-0.15, -0.1) is 0 Å². The largest absolute Gasteiger partial charge is 0.399 e. The van der Waals surface area contributed by atoms with E-state index in [0.717, 1.165) is 48.4 Å². The molecule has 106 valence electrons. The molecule has 0 atom stereocenters. The van der Waals surface area contributed by atoms with E-state index in [2.05, 4.69) is 6.92 Å². The molecule has 1 saturated heterocycles. The summed E-state index contributed by atoms with van der Waals surface area (Å²) in [5, 5.41) is 1.09. The first-order chi connectivity index (χ1) is 9.63. The van der Waals surface area contributed by atoms with Gasteiger partial charge in [-0.3, -0.25) is 4.79 Å². The number of nitrogens with zero attached hydrogens (tertiary/aromatic N) is 2. The Hall–Kier alpha value is -1.97. The highest BCUT2D eigenvalue weighted by Crippen LogP contribution is 2.20. The minimum absolute atomic E-state index is 0.214. The molecule has 0 unspecified atom stereocenters. The molecule has 0 saturated carbocycles. The molecule has 2 N–H and O–H groups in total. The number of nitrogen functional groups attached to an aromatic ring is 1. The van der Waals surface area contributed by atoms with E-state index >= 15 is 0 Å². The smallest absolute Gasteiger partial charge is 0.242 e. The molecule has 1 aromatic carbocycles. The zero-order valence-corrected chi connectivity index (χ0v) is 11.9. The van der Waals surface area contributed by atoms with E-state index < -0.39 is 0 Å². The average Bonchev–Trinajstić information content (AvgIpc) is 2.81. The summed E-state index contributed by atoms with van der Waals surface area (Å²) in [5.41, 5.74) is 7.60. The Morgan fingerprint density at radius 3 is 2.80 bits per heavy atom. The topological polar surface area (TPSA) is 51.3 Å². The van der Waals surface area contributed by atoms with Crippen LogP contribution in [0.4, 0.5) is 5.69 Å². The van der Waals surface area contributed by atoms with Gasteiger partial charge in [0.15, 0.2) is 0 Å². The summed E-state index contributed by atoms with van der Waals surface area (Å²) < 4.78 is 2.01. The highest BCUT2D eigenvalue weighted by atomic mass is 16.2. The van der Waals surface area contributed by atoms with Gasteiger partial charge in [-0.1, -0.05) is 6.92 Å². The zero-order chi connectivity index (χ0) is 14.1. The van der Waals surface area contributed by atoms with E-state index in [9.17, 15) is 4.79 Å². The third kappa shape index (κ3) is 2.50. The Morgan fingerprint density at radius 2 is 2.05 bits per heavy atom. The molecule has 1 aromatic heterocycles. The molecule has 1 amide bonds. The first-order valence-electron chi connectivity index (χ1n) is 7.25. The molecule has 0 spiro atoms. The van der Waals surface area contributed by atoms with E-state index in [4.69, 9.17) is 5.73 Å². The van der Waals surface area contributed by atoms with Crippen molar-refractivity contribution in [3.63, 3.8) is 0 Å². The van der Waals surface area contributed by atoms with E-state index in [1.165, 1.54) is 0 Å². The Morgan fingerprint density at radius 1 is 1.30 bits per heavy atom. The van der Waals surface area contributed by atoms with Gasteiger partial charge in [0.1, 0.15) is 6.54 Å². The lowest BCUT2D eigenvalue weighted by Gasteiger charge is -2.30. The second-order valence-electron chi connectivity index (χ2n) is 5.83. The highest BCUT2D eigenvalue weighted by Gasteiger charge is 2.20. The molecule has 2 aromatic rings. The van der Waals surface area contributed by atoms with E-state index in [0.29, 0.717) is 6.54 Å². The predicted octanol–water partition coefficient (Wildman–Crippen LogP) is 2.48. The lowest BCUT2D eigenvalue weighted by atomic mass is 9.99. The fraction of sp³-hybridized carbons (Fsp3) is 0.438. The van der Waals surface area contributed by atoms with Crippen LogP contribution in [0, 0.1) is 5.92 Å². The van der Waals surface area contributed by atoms with Crippen LogP contribution in [0.25, 0.3) is 10.9 Å². The van der Waals surface area contributed by atoms with Crippen LogP contribution in [0.2, 0.25) is 0 Å². The van der Waals surface area contributed by atoms with Crippen LogP contribution < -0.4 is 5.73 Å². The molecular weight excluding hydrogens is 250 g/mol. The van der Waals surface area contributed by atoms with E-state index in [1.54, 1.807) is 0 Å². The van der Waals surface area contributed by atoms with Crippen molar-refractivity contribution < 1.29 is 4.79 Å². The van der Waals surface area contributed by atoms with Gasteiger partial charge in [0.25, 0.3) is 0 Å². The first kappa shape index (κ1) is 13.0. The van der Waals surface area contributed by atoms with Crippen molar-refractivity contribution in [2.75, 3.05) is 18.8 Å². The van der Waals surface area contributed by atoms with Crippen molar-refractivity contribution in [3.05, 3.63) is 30.5 Å². The molecule has 0 aliphatic carbocycles. The van der Waals surface area contributed by atoms with Crippen molar-refractivity contribution in [2.24, 2.45) is 5.92 Å². The number of amides is 1. The minimum Gasteiger partial charge on any atom is -0.399 e. The molecule has 0 radical (unpaired) electrons. The van der Waals surface area contributed by atoms with Gasteiger partial charge < -0.3 is 15.2 Å². The van der Waals surface area contributed by atoms with Crippen molar-refractivity contribution in [1.29, 1.82) is 0 Å². The second kappa shape index (κ2) is 5.19. The van der Waals surface area contributed by atoms with Crippen molar-refractivity contribution in [2.45, 2.75) is 26.3 Å². The van der Waals surface area contributed by atoms with Gasteiger partial charge >= 0.3 is 0 Å². The quantitative estimate of drug-likeness (QED) is 0.853. The number of likely N-dealkylation sites (tertiary alicyclic amines) is 1. The lowest BCUT2D eigenvalue weighted by Crippen LogP contribution is -2.39. The van der Waals surface area contributed by atoms with Crippen molar-refractivity contribution >= 4 is 22.5 Å². The van der Waals surface area contributed by atoms with Gasteiger partial charge in [-0.2, -0.15) is 0 Å². The van der Waals surface area contributed by atoms with Crippen LogP contribution in [-0.2, 0) is 11.3 Å². The fourth-order valence-electron chi connectivity index (χ4n) is 2.86. The Labute approximate surface area is 119 Å². The van der Waals surface area contributed by atoms with E-state index in [-0.39, 0.29) is 5.91 Å². The summed E-state index contributed by atoms with van der Waals surface area (Å²) in [6.45, 7) is 4.46. The molecular formula is C16H21N3O. The summed E-state index contributed by atoms with van der Waals surface area (Å²) in [5.74, 6) is 0.959. The van der Waals surface area contributed by atoms with Crippen LogP contribution in [0.15, 0.2) is 30.5 Å². The van der Waals surface area contributed by atoms with Gasteiger partial charge in [0.2, 0.25) is 5.91 Å². The van der Waals surface area contributed by atoms with Gasteiger partial charge in [-0.05, 0) is 43.0 Å². The van der Waals surface area contributed by atoms with Crippen LogP contribution in [0.3, 0.4) is 0 Å². The third-order valence-electron chi connectivity index (χ3n) is 4.24. The maximum atomic E-state index is 12.4. The number of anilines is 1. The van der Waals surface area contributed by atoms with E-state index in [1.807, 2.05) is 39.9 Å². The summed E-state index contributed by atoms with van der Waals surface area (Å²) in [6, 6.07) is 7.82. The normalized spacial score (nSPS) is 16.8. The molecule has 2 heterocycles. The molecule has 3 rings (SSSR count). The third-order valence-corrected chi connectivity index (χ3v) is 4.24. The number of nitrogens with two attached hydrogens (primary N) is 1. The summed E-state index contributed by atoms with van der Waals surface area (Å²) >= 11 is 0. The Balaban J connectivity index is 1.74. The SMILES string of the molecule is CC1CCN(C(=O)Cn2ccc3cc(N)ccc32)CC1. The Kier molecular flexibility index (Phi) is 3.38. The molecule has 4 nitrogen and oxygen atoms in total. The summed E-state index contributed by atoms with van der Waals surface area (Å²) in [7, 11) is 0. The molecule has 1 aliphatic heterocycles. The number of benzene rings is 1. The monoisotopic (exact) mass is 271 g/mol. The second-order valence-corrected chi connectivity index (χ2v) is 5.83. The van der Waals surface area contributed by atoms with Crippen molar-refractivity contribution in [3.8, 4) is 0 Å². The number of fused-ring (bicyclic) bond motifs is 1.